The Kier molecular flexibility index (Phi) is 6.16. The highest BCUT2D eigenvalue weighted by Crippen LogP contribution is 2.30. The number of rotatable bonds is 6. The summed E-state index contributed by atoms with van der Waals surface area (Å²) in [4.78, 5) is 38.5. The zero-order valence-corrected chi connectivity index (χ0v) is 16.1. The molecule has 6 nitrogen and oxygen atoms in total. The minimum atomic E-state index is -0.584. The maximum absolute atomic E-state index is 12.8. The van der Waals surface area contributed by atoms with Crippen LogP contribution in [-0.2, 0) is 14.3 Å². The standard InChI is InChI=1S/C20H23ClN2O4/c1-2-11-27-20(26)13-7-6-10-15(12-13)23-18(24)16(21)17(19(23)25)22-14-8-4-3-5-9-14/h6-7,10,12,14,22H,2-5,8-9,11H2,1H3. The van der Waals surface area contributed by atoms with Crippen LogP contribution in [0.15, 0.2) is 35.0 Å². The highest BCUT2D eigenvalue weighted by Gasteiger charge is 2.39. The molecule has 0 unspecified atom stereocenters. The van der Waals surface area contributed by atoms with Crippen LogP contribution in [-0.4, -0.2) is 30.4 Å². The summed E-state index contributed by atoms with van der Waals surface area (Å²) in [6.45, 7) is 2.22. The number of imide groups is 1. The lowest BCUT2D eigenvalue weighted by Crippen LogP contribution is -2.37. The highest BCUT2D eigenvalue weighted by molar-refractivity contribution is 6.52. The van der Waals surface area contributed by atoms with Crippen LogP contribution in [0.4, 0.5) is 5.69 Å². The van der Waals surface area contributed by atoms with Crippen LogP contribution in [0.25, 0.3) is 0 Å². The molecular formula is C20H23ClN2O4. The van der Waals surface area contributed by atoms with E-state index in [0.29, 0.717) is 18.7 Å². The Labute approximate surface area is 163 Å². The van der Waals surface area contributed by atoms with E-state index in [1.165, 1.54) is 12.5 Å². The van der Waals surface area contributed by atoms with Crippen LogP contribution < -0.4 is 10.2 Å². The van der Waals surface area contributed by atoms with Crippen LogP contribution in [0.2, 0.25) is 0 Å². The summed E-state index contributed by atoms with van der Waals surface area (Å²) < 4.78 is 5.12. The monoisotopic (exact) mass is 390 g/mol. The van der Waals surface area contributed by atoms with E-state index in [0.717, 1.165) is 30.6 Å². The molecule has 1 aliphatic carbocycles. The number of hydrogen-bond donors (Lipinski definition) is 1. The summed E-state index contributed by atoms with van der Waals surface area (Å²) in [5.41, 5.74) is 0.730. The number of esters is 1. The molecule has 2 aliphatic rings. The van der Waals surface area contributed by atoms with Crippen molar-refractivity contribution in [2.45, 2.75) is 51.5 Å². The first-order chi connectivity index (χ1) is 13.0. The van der Waals surface area contributed by atoms with E-state index in [4.69, 9.17) is 16.3 Å². The molecule has 144 valence electrons. The minimum absolute atomic E-state index is 0.107. The number of halogens is 1. The number of nitrogens with one attached hydrogen (secondary N) is 1. The van der Waals surface area contributed by atoms with E-state index >= 15 is 0 Å². The second-order valence-corrected chi connectivity index (χ2v) is 7.18. The number of amides is 2. The predicted octanol–water partition coefficient (Wildman–Crippen LogP) is 3.50. The molecule has 0 saturated heterocycles. The molecule has 0 radical (unpaired) electrons. The number of anilines is 1. The Morgan fingerprint density at radius 3 is 2.67 bits per heavy atom. The Morgan fingerprint density at radius 1 is 1.22 bits per heavy atom. The van der Waals surface area contributed by atoms with Gasteiger partial charge in [-0.25, -0.2) is 9.69 Å². The highest BCUT2D eigenvalue weighted by atomic mass is 35.5. The normalized spacial score (nSPS) is 18.2. The van der Waals surface area contributed by atoms with Gasteiger partial charge in [-0.05, 0) is 37.5 Å². The van der Waals surface area contributed by atoms with Crippen molar-refractivity contribution in [3.05, 3.63) is 40.6 Å². The fraction of sp³-hybridized carbons (Fsp3) is 0.450. The number of ether oxygens (including phenoxy) is 1. The van der Waals surface area contributed by atoms with Gasteiger partial charge in [0.15, 0.2) is 0 Å². The zero-order valence-electron chi connectivity index (χ0n) is 15.3. The molecule has 0 atom stereocenters. The summed E-state index contributed by atoms with van der Waals surface area (Å²) in [6, 6.07) is 6.41. The molecule has 1 N–H and O–H groups in total. The Hall–Kier alpha value is -2.34. The maximum Gasteiger partial charge on any atom is 0.338 e. The summed E-state index contributed by atoms with van der Waals surface area (Å²) in [7, 11) is 0. The molecule has 1 fully saturated rings. The van der Waals surface area contributed by atoms with Crippen molar-refractivity contribution in [2.75, 3.05) is 11.5 Å². The van der Waals surface area contributed by atoms with Crippen LogP contribution in [0.1, 0.15) is 55.8 Å². The van der Waals surface area contributed by atoms with Crippen molar-refractivity contribution in [1.82, 2.24) is 5.32 Å². The second kappa shape index (κ2) is 8.57. The lowest BCUT2D eigenvalue weighted by molar-refractivity contribution is -0.120. The third-order valence-electron chi connectivity index (χ3n) is 4.76. The Balaban J connectivity index is 1.79. The fourth-order valence-electron chi connectivity index (χ4n) is 3.36. The predicted molar refractivity (Wildman–Crippen MR) is 102 cm³/mol. The summed E-state index contributed by atoms with van der Waals surface area (Å²) in [6.07, 6.45) is 5.99. The van der Waals surface area contributed by atoms with Gasteiger partial charge in [-0.1, -0.05) is 43.9 Å². The first-order valence-corrected chi connectivity index (χ1v) is 9.73. The molecule has 1 aromatic rings. The van der Waals surface area contributed by atoms with E-state index in [1.54, 1.807) is 18.2 Å². The van der Waals surface area contributed by atoms with Gasteiger partial charge in [-0.2, -0.15) is 0 Å². The number of nitrogens with zero attached hydrogens (tertiary/aromatic N) is 1. The Morgan fingerprint density at radius 2 is 1.96 bits per heavy atom. The number of carbonyl (C=O) groups excluding carboxylic acids is 3. The molecule has 1 heterocycles. The first-order valence-electron chi connectivity index (χ1n) is 9.35. The summed E-state index contributed by atoms with van der Waals surface area (Å²) in [5, 5.41) is 3.05. The van der Waals surface area contributed by atoms with Gasteiger partial charge in [0.25, 0.3) is 11.8 Å². The maximum atomic E-state index is 12.8. The van der Waals surface area contributed by atoms with E-state index in [9.17, 15) is 14.4 Å². The van der Waals surface area contributed by atoms with Crippen LogP contribution >= 0.6 is 11.6 Å². The number of hydrogen-bond acceptors (Lipinski definition) is 5. The van der Waals surface area contributed by atoms with E-state index in [1.807, 2.05) is 6.92 Å². The third kappa shape index (κ3) is 4.16. The van der Waals surface area contributed by atoms with E-state index in [2.05, 4.69) is 5.32 Å². The lowest BCUT2D eigenvalue weighted by atomic mass is 9.95. The second-order valence-electron chi connectivity index (χ2n) is 6.80. The molecule has 3 rings (SSSR count). The average molecular weight is 391 g/mol. The molecule has 0 spiro atoms. The van der Waals surface area contributed by atoms with Crippen molar-refractivity contribution in [3.63, 3.8) is 0 Å². The van der Waals surface area contributed by atoms with Crippen molar-refractivity contribution in [3.8, 4) is 0 Å². The molecule has 1 saturated carbocycles. The van der Waals surface area contributed by atoms with E-state index < -0.39 is 17.8 Å². The van der Waals surface area contributed by atoms with Gasteiger partial charge in [-0.15, -0.1) is 0 Å². The first kappa shape index (κ1) is 19.4. The Bertz CT molecular complexity index is 784. The molecular weight excluding hydrogens is 368 g/mol. The van der Waals surface area contributed by atoms with Crippen LogP contribution in [0.5, 0.6) is 0 Å². The van der Waals surface area contributed by atoms with Crippen molar-refractivity contribution >= 4 is 35.1 Å². The summed E-state index contributed by atoms with van der Waals surface area (Å²) >= 11 is 6.17. The zero-order chi connectivity index (χ0) is 19.4. The molecule has 1 aliphatic heterocycles. The molecule has 1 aromatic carbocycles. The van der Waals surface area contributed by atoms with Gasteiger partial charge < -0.3 is 10.1 Å². The average Bonchev–Trinajstić information content (AvgIpc) is 2.90. The van der Waals surface area contributed by atoms with Crippen molar-refractivity contribution in [1.29, 1.82) is 0 Å². The van der Waals surface area contributed by atoms with Gasteiger partial charge in [0, 0.05) is 6.04 Å². The SMILES string of the molecule is CCCOC(=O)c1cccc(N2C(=O)C(Cl)=C(NC3CCCCC3)C2=O)c1. The molecule has 7 heteroatoms. The lowest BCUT2D eigenvalue weighted by Gasteiger charge is -2.24. The third-order valence-corrected chi connectivity index (χ3v) is 5.11. The summed E-state index contributed by atoms with van der Waals surface area (Å²) in [5.74, 6) is -1.56. The van der Waals surface area contributed by atoms with Gasteiger partial charge in [0.1, 0.15) is 10.7 Å². The van der Waals surface area contributed by atoms with Crippen molar-refractivity contribution in [2.24, 2.45) is 0 Å². The van der Waals surface area contributed by atoms with Crippen LogP contribution in [0.3, 0.4) is 0 Å². The van der Waals surface area contributed by atoms with Crippen LogP contribution in [0, 0.1) is 0 Å². The number of carbonyl (C=O) groups is 3. The topological polar surface area (TPSA) is 75.7 Å². The molecule has 2 amide bonds. The van der Waals surface area contributed by atoms with E-state index in [-0.39, 0.29) is 22.3 Å². The largest absolute Gasteiger partial charge is 0.462 e. The number of benzene rings is 1. The molecule has 27 heavy (non-hydrogen) atoms. The van der Waals surface area contributed by atoms with Gasteiger partial charge >= 0.3 is 5.97 Å². The van der Waals surface area contributed by atoms with Gasteiger partial charge in [0.05, 0.1) is 17.9 Å². The quantitative estimate of drug-likeness (QED) is 0.594. The smallest absolute Gasteiger partial charge is 0.338 e. The van der Waals surface area contributed by atoms with Gasteiger partial charge in [0.2, 0.25) is 0 Å². The molecule has 0 bridgehead atoms. The minimum Gasteiger partial charge on any atom is -0.462 e. The fourth-order valence-corrected chi connectivity index (χ4v) is 3.58. The molecule has 0 aromatic heterocycles. The van der Waals surface area contributed by atoms with Gasteiger partial charge in [-0.3, -0.25) is 9.59 Å². The van der Waals surface area contributed by atoms with Crippen molar-refractivity contribution < 1.29 is 19.1 Å².